The Labute approximate surface area is 143 Å². The maximum Gasteiger partial charge on any atom is 0.335 e. The summed E-state index contributed by atoms with van der Waals surface area (Å²) in [5.74, 6) is -0.940. The summed E-state index contributed by atoms with van der Waals surface area (Å²) in [7, 11) is 0. The second-order valence-corrected chi connectivity index (χ2v) is 6.25. The van der Waals surface area contributed by atoms with Crippen LogP contribution in [0.25, 0.3) is 0 Å². The minimum Gasteiger partial charge on any atom is -0.478 e. The maximum absolute atomic E-state index is 11.1. The number of halogens is 2. The predicted molar refractivity (Wildman–Crippen MR) is 89.6 cm³/mol. The van der Waals surface area contributed by atoms with Crippen LogP contribution in [0.15, 0.2) is 41.6 Å². The first kappa shape index (κ1) is 15.8. The van der Waals surface area contributed by atoms with Crippen molar-refractivity contribution in [1.82, 2.24) is 0 Å². The van der Waals surface area contributed by atoms with Gasteiger partial charge in [0.05, 0.1) is 11.3 Å². The first-order valence-electron chi connectivity index (χ1n) is 6.97. The van der Waals surface area contributed by atoms with Crippen molar-refractivity contribution in [2.75, 3.05) is 0 Å². The standard InChI is InChI=1S/C17H13Cl2NO3/c1-9-4-10(2-3-14(9)17(21)22)15-8-16(23-20-15)11-5-12(18)7-13(19)6-11/h2-7,16H,8H2,1H3,(H,21,22)/t16-/m0/s1. The molecule has 0 unspecified atom stereocenters. The highest BCUT2D eigenvalue weighted by Crippen LogP contribution is 2.33. The summed E-state index contributed by atoms with van der Waals surface area (Å²) in [5, 5.41) is 14.3. The van der Waals surface area contributed by atoms with Gasteiger partial charge in [0, 0.05) is 16.5 Å². The number of hydrogen-bond acceptors (Lipinski definition) is 3. The van der Waals surface area contributed by atoms with Crippen molar-refractivity contribution in [1.29, 1.82) is 0 Å². The molecule has 1 aliphatic rings. The van der Waals surface area contributed by atoms with Gasteiger partial charge < -0.3 is 9.94 Å². The highest BCUT2D eigenvalue weighted by molar-refractivity contribution is 6.34. The molecule has 23 heavy (non-hydrogen) atoms. The molecule has 2 aromatic carbocycles. The van der Waals surface area contributed by atoms with Crippen molar-refractivity contribution in [3.63, 3.8) is 0 Å². The van der Waals surface area contributed by atoms with Crippen LogP contribution in [0.3, 0.4) is 0 Å². The Morgan fingerprint density at radius 2 is 1.91 bits per heavy atom. The average molecular weight is 350 g/mol. The molecule has 3 rings (SSSR count). The normalized spacial score (nSPS) is 16.8. The van der Waals surface area contributed by atoms with E-state index in [4.69, 9.17) is 33.1 Å². The molecule has 0 spiro atoms. The quantitative estimate of drug-likeness (QED) is 0.860. The molecule has 2 aromatic rings. The van der Waals surface area contributed by atoms with Crippen molar-refractivity contribution in [2.45, 2.75) is 19.4 Å². The number of aryl methyl sites for hydroxylation is 1. The molecule has 6 heteroatoms. The largest absolute Gasteiger partial charge is 0.478 e. The molecule has 1 atom stereocenters. The molecule has 0 aliphatic carbocycles. The van der Waals surface area contributed by atoms with Crippen LogP contribution in [-0.4, -0.2) is 16.8 Å². The minimum atomic E-state index is -0.940. The van der Waals surface area contributed by atoms with E-state index in [0.29, 0.717) is 22.0 Å². The predicted octanol–water partition coefficient (Wildman–Crippen LogP) is 4.87. The van der Waals surface area contributed by atoms with E-state index >= 15 is 0 Å². The molecule has 118 valence electrons. The van der Waals surface area contributed by atoms with Crippen molar-refractivity contribution in [3.8, 4) is 0 Å². The number of oxime groups is 1. The summed E-state index contributed by atoms with van der Waals surface area (Å²) in [6.45, 7) is 1.76. The molecule has 1 aliphatic heterocycles. The Balaban J connectivity index is 1.82. The Bertz CT molecular complexity index is 797. The molecule has 0 saturated carbocycles. The third kappa shape index (κ3) is 3.33. The van der Waals surface area contributed by atoms with Crippen molar-refractivity contribution in [2.24, 2.45) is 5.16 Å². The average Bonchev–Trinajstić information content (AvgIpc) is 2.95. The van der Waals surface area contributed by atoms with E-state index in [1.165, 1.54) is 0 Å². The van der Waals surface area contributed by atoms with E-state index < -0.39 is 5.97 Å². The summed E-state index contributed by atoms with van der Waals surface area (Å²) in [6.07, 6.45) is 0.323. The van der Waals surface area contributed by atoms with Gasteiger partial charge in [-0.25, -0.2) is 4.79 Å². The highest BCUT2D eigenvalue weighted by Gasteiger charge is 2.25. The molecule has 0 saturated heterocycles. The van der Waals surface area contributed by atoms with E-state index in [2.05, 4.69) is 5.16 Å². The van der Waals surface area contributed by atoms with Crippen LogP contribution in [0, 0.1) is 6.92 Å². The fourth-order valence-corrected chi connectivity index (χ4v) is 3.11. The summed E-state index contributed by atoms with van der Waals surface area (Å²) in [6, 6.07) is 10.4. The lowest BCUT2D eigenvalue weighted by Crippen LogP contribution is -2.05. The van der Waals surface area contributed by atoms with Gasteiger partial charge in [-0.3, -0.25) is 0 Å². The Morgan fingerprint density at radius 1 is 1.22 bits per heavy atom. The second kappa shape index (κ2) is 6.22. The number of rotatable bonds is 3. The van der Waals surface area contributed by atoms with E-state index in [9.17, 15) is 4.79 Å². The number of carboxylic acid groups (broad SMARTS) is 1. The molecule has 0 bridgehead atoms. The SMILES string of the molecule is Cc1cc(C2=NO[C@H](c3cc(Cl)cc(Cl)c3)C2)ccc1C(=O)O. The van der Waals surface area contributed by atoms with Crippen LogP contribution in [0.1, 0.15) is 39.6 Å². The lowest BCUT2D eigenvalue weighted by atomic mass is 9.97. The van der Waals surface area contributed by atoms with E-state index in [1.807, 2.05) is 0 Å². The summed E-state index contributed by atoms with van der Waals surface area (Å²) >= 11 is 12.0. The number of aromatic carboxylic acids is 1. The molecule has 0 radical (unpaired) electrons. The number of carbonyl (C=O) groups is 1. The fourth-order valence-electron chi connectivity index (χ4n) is 2.57. The van der Waals surface area contributed by atoms with Crippen molar-refractivity contribution >= 4 is 34.9 Å². The van der Waals surface area contributed by atoms with E-state index in [-0.39, 0.29) is 11.7 Å². The lowest BCUT2D eigenvalue weighted by molar-refractivity contribution is 0.0696. The van der Waals surface area contributed by atoms with Crippen LogP contribution in [0.4, 0.5) is 0 Å². The Morgan fingerprint density at radius 3 is 2.52 bits per heavy atom. The fraction of sp³-hybridized carbons (Fsp3) is 0.176. The van der Waals surface area contributed by atoms with Crippen LogP contribution in [0.2, 0.25) is 10.0 Å². The lowest BCUT2D eigenvalue weighted by Gasteiger charge is -2.09. The van der Waals surface area contributed by atoms with Crippen LogP contribution >= 0.6 is 23.2 Å². The Hall–Kier alpha value is -2.04. The smallest absolute Gasteiger partial charge is 0.335 e. The van der Waals surface area contributed by atoms with Gasteiger partial charge in [-0.15, -0.1) is 0 Å². The van der Waals surface area contributed by atoms with Crippen LogP contribution in [-0.2, 0) is 4.84 Å². The monoisotopic (exact) mass is 349 g/mol. The van der Waals surface area contributed by atoms with Gasteiger partial charge in [0.2, 0.25) is 0 Å². The number of hydrogen-bond donors (Lipinski definition) is 1. The molecule has 1 heterocycles. The molecule has 0 aromatic heterocycles. The highest BCUT2D eigenvalue weighted by atomic mass is 35.5. The third-order valence-electron chi connectivity index (χ3n) is 3.72. The molecule has 4 nitrogen and oxygen atoms in total. The van der Waals surface area contributed by atoms with Crippen LogP contribution in [0.5, 0.6) is 0 Å². The molecule has 0 fully saturated rings. The zero-order valence-corrected chi connectivity index (χ0v) is 13.7. The maximum atomic E-state index is 11.1. The summed E-state index contributed by atoms with van der Waals surface area (Å²) < 4.78 is 0. The van der Waals surface area contributed by atoms with Crippen LogP contribution < -0.4 is 0 Å². The molecular weight excluding hydrogens is 337 g/mol. The molecule has 0 amide bonds. The van der Waals surface area contributed by atoms with Gasteiger partial charge in [-0.2, -0.15) is 0 Å². The van der Waals surface area contributed by atoms with Gasteiger partial charge in [0.25, 0.3) is 0 Å². The number of nitrogens with zero attached hydrogens (tertiary/aromatic N) is 1. The van der Waals surface area contributed by atoms with Gasteiger partial charge in [0.1, 0.15) is 0 Å². The summed E-state index contributed by atoms with van der Waals surface area (Å²) in [4.78, 5) is 16.6. The van der Waals surface area contributed by atoms with E-state index in [1.54, 1.807) is 43.3 Å². The van der Waals surface area contributed by atoms with Gasteiger partial charge in [-0.1, -0.05) is 34.4 Å². The zero-order valence-electron chi connectivity index (χ0n) is 12.2. The van der Waals surface area contributed by atoms with Gasteiger partial charge >= 0.3 is 5.97 Å². The third-order valence-corrected chi connectivity index (χ3v) is 4.15. The minimum absolute atomic E-state index is 0.249. The van der Waals surface area contributed by atoms with Crippen molar-refractivity contribution < 1.29 is 14.7 Å². The number of benzene rings is 2. The van der Waals surface area contributed by atoms with Crippen molar-refractivity contribution in [3.05, 3.63) is 68.7 Å². The second-order valence-electron chi connectivity index (χ2n) is 5.37. The molecule has 1 N–H and O–H groups in total. The number of carboxylic acids is 1. The topological polar surface area (TPSA) is 58.9 Å². The Kier molecular flexibility index (Phi) is 4.28. The zero-order chi connectivity index (χ0) is 16.6. The molecular formula is C17H13Cl2NO3. The first-order valence-corrected chi connectivity index (χ1v) is 7.72. The van der Waals surface area contributed by atoms with Gasteiger partial charge in [0.15, 0.2) is 6.10 Å². The van der Waals surface area contributed by atoms with Gasteiger partial charge in [-0.05, 0) is 53.9 Å². The first-order chi connectivity index (χ1) is 10.9. The van der Waals surface area contributed by atoms with E-state index in [0.717, 1.165) is 16.8 Å². The summed E-state index contributed by atoms with van der Waals surface area (Å²) in [5.41, 5.74) is 3.45.